The summed E-state index contributed by atoms with van der Waals surface area (Å²) in [4.78, 5) is 5.31. The molecule has 0 saturated heterocycles. The van der Waals surface area contributed by atoms with Crippen molar-refractivity contribution in [2.24, 2.45) is 0 Å². The minimum absolute atomic E-state index is 0.345. The monoisotopic (exact) mass is 208 g/mol. The van der Waals surface area contributed by atoms with Gasteiger partial charge in [-0.25, -0.2) is 0 Å². The van der Waals surface area contributed by atoms with Crippen LogP contribution in [0.3, 0.4) is 0 Å². The van der Waals surface area contributed by atoms with Crippen molar-refractivity contribution < 1.29 is 4.42 Å². The molecule has 0 fully saturated rings. The van der Waals surface area contributed by atoms with Gasteiger partial charge in [0.25, 0.3) is 0 Å². The predicted octanol–water partition coefficient (Wildman–Crippen LogP) is 2.59. The molecule has 14 heavy (non-hydrogen) atoms. The Labute approximate surface area is 86.8 Å². The molecule has 0 aliphatic rings. The Morgan fingerprint density at radius 3 is 3.21 bits per heavy atom. The average molecular weight is 208 g/mol. The molecule has 2 aromatic heterocycles. The molecule has 1 N–H and O–H groups in total. The van der Waals surface area contributed by atoms with Crippen molar-refractivity contribution in [3.8, 4) is 0 Å². The highest BCUT2D eigenvalue weighted by atomic mass is 32.1. The number of thiazole rings is 1. The van der Waals surface area contributed by atoms with E-state index in [2.05, 4.69) is 17.2 Å². The van der Waals surface area contributed by atoms with Crippen molar-refractivity contribution in [3.63, 3.8) is 0 Å². The molecule has 3 nitrogen and oxygen atoms in total. The van der Waals surface area contributed by atoms with Gasteiger partial charge in [0.2, 0.25) is 0 Å². The summed E-state index contributed by atoms with van der Waals surface area (Å²) in [6, 6.07) is 2.31. The van der Waals surface area contributed by atoms with E-state index in [1.807, 2.05) is 17.8 Å². The van der Waals surface area contributed by atoms with Gasteiger partial charge in [-0.1, -0.05) is 0 Å². The van der Waals surface area contributed by atoms with Crippen LogP contribution in [-0.4, -0.2) is 4.98 Å². The van der Waals surface area contributed by atoms with Crippen LogP contribution in [-0.2, 0) is 6.54 Å². The highest BCUT2D eigenvalue weighted by Crippen LogP contribution is 2.16. The van der Waals surface area contributed by atoms with E-state index in [1.165, 1.54) is 10.4 Å². The molecule has 0 bridgehead atoms. The lowest BCUT2D eigenvalue weighted by Crippen LogP contribution is -2.16. The molecular weight excluding hydrogens is 196 g/mol. The van der Waals surface area contributed by atoms with Gasteiger partial charge in [0.1, 0.15) is 0 Å². The third kappa shape index (κ3) is 2.21. The van der Waals surface area contributed by atoms with Crippen molar-refractivity contribution in [2.75, 3.05) is 0 Å². The Kier molecular flexibility index (Phi) is 2.96. The van der Waals surface area contributed by atoms with Gasteiger partial charge in [-0.05, 0) is 13.0 Å². The van der Waals surface area contributed by atoms with Crippen LogP contribution in [0.15, 0.2) is 34.7 Å². The van der Waals surface area contributed by atoms with E-state index >= 15 is 0 Å². The summed E-state index contributed by atoms with van der Waals surface area (Å²) in [5.74, 6) is 0. The zero-order chi connectivity index (χ0) is 9.80. The lowest BCUT2D eigenvalue weighted by Gasteiger charge is -2.09. The molecule has 0 aromatic carbocycles. The summed E-state index contributed by atoms with van der Waals surface area (Å²) >= 11 is 1.67. The molecule has 2 heterocycles. The Morgan fingerprint density at radius 1 is 1.64 bits per heavy atom. The number of rotatable bonds is 4. The van der Waals surface area contributed by atoms with Crippen LogP contribution in [0.5, 0.6) is 0 Å². The third-order valence-electron chi connectivity index (χ3n) is 2.07. The quantitative estimate of drug-likeness (QED) is 0.839. The second-order valence-corrected chi connectivity index (χ2v) is 4.06. The number of nitrogens with zero attached hydrogens (tertiary/aromatic N) is 1. The Bertz CT molecular complexity index is 355. The van der Waals surface area contributed by atoms with Crippen molar-refractivity contribution in [2.45, 2.75) is 19.5 Å². The number of hydrogen-bond donors (Lipinski definition) is 1. The average Bonchev–Trinajstić information content (AvgIpc) is 2.87. The summed E-state index contributed by atoms with van der Waals surface area (Å²) in [6.07, 6.45) is 5.35. The first-order valence-electron chi connectivity index (χ1n) is 4.49. The molecule has 0 aliphatic carbocycles. The van der Waals surface area contributed by atoms with Crippen molar-refractivity contribution in [3.05, 3.63) is 40.7 Å². The number of nitrogens with one attached hydrogen (secondary N) is 1. The molecule has 0 aliphatic heterocycles. The first-order chi connectivity index (χ1) is 6.86. The second kappa shape index (κ2) is 4.39. The maximum atomic E-state index is 4.99. The number of aromatic nitrogens is 1. The standard InChI is InChI=1S/C10H12N2OS/c1-8(10-5-11-7-14-10)12-4-9-2-3-13-6-9/h2-3,5-8,12H,4H2,1H3. The first-order valence-corrected chi connectivity index (χ1v) is 5.37. The van der Waals surface area contributed by atoms with Crippen LogP contribution < -0.4 is 5.32 Å². The molecular formula is C10H12N2OS. The molecule has 1 unspecified atom stereocenters. The summed E-state index contributed by atoms with van der Waals surface area (Å²) < 4.78 is 4.99. The highest BCUT2D eigenvalue weighted by molar-refractivity contribution is 7.09. The van der Waals surface area contributed by atoms with Crippen LogP contribution in [0, 0.1) is 0 Å². The van der Waals surface area contributed by atoms with Crippen LogP contribution >= 0.6 is 11.3 Å². The number of hydrogen-bond acceptors (Lipinski definition) is 4. The van der Waals surface area contributed by atoms with Crippen molar-refractivity contribution >= 4 is 11.3 Å². The maximum absolute atomic E-state index is 4.99. The van der Waals surface area contributed by atoms with Crippen molar-refractivity contribution in [1.82, 2.24) is 10.3 Å². The fourth-order valence-electron chi connectivity index (χ4n) is 1.20. The van der Waals surface area contributed by atoms with Gasteiger partial charge in [-0.3, -0.25) is 4.98 Å². The summed E-state index contributed by atoms with van der Waals surface area (Å²) in [5, 5.41) is 3.40. The SMILES string of the molecule is CC(NCc1ccoc1)c1cncs1. The van der Waals surface area contributed by atoms with Gasteiger partial charge in [-0.2, -0.15) is 0 Å². The van der Waals surface area contributed by atoms with Crippen LogP contribution in [0.2, 0.25) is 0 Å². The summed E-state index contributed by atoms with van der Waals surface area (Å²) in [7, 11) is 0. The molecule has 4 heteroatoms. The second-order valence-electron chi connectivity index (χ2n) is 3.14. The molecule has 0 saturated carbocycles. The van der Waals surface area contributed by atoms with Crippen LogP contribution in [0.4, 0.5) is 0 Å². The highest BCUT2D eigenvalue weighted by Gasteiger charge is 2.05. The van der Waals surface area contributed by atoms with E-state index in [0.717, 1.165) is 6.54 Å². The van der Waals surface area contributed by atoms with Crippen LogP contribution in [0.25, 0.3) is 0 Å². The zero-order valence-corrected chi connectivity index (χ0v) is 8.75. The van der Waals surface area contributed by atoms with Crippen LogP contribution in [0.1, 0.15) is 23.4 Å². The molecule has 0 spiro atoms. The predicted molar refractivity (Wildman–Crippen MR) is 56.1 cm³/mol. The molecule has 2 aromatic rings. The maximum Gasteiger partial charge on any atom is 0.0947 e. The van der Waals surface area contributed by atoms with E-state index < -0.39 is 0 Å². The Morgan fingerprint density at radius 2 is 2.57 bits per heavy atom. The Hall–Kier alpha value is -1.13. The minimum atomic E-state index is 0.345. The topological polar surface area (TPSA) is 38.1 Å². The third-order valence-corrected chi connectivity index (χ3v) is 3.03. The molecule has 0 radical (unpaired) electrons. The molecule has 74 valence electrons. The molecule has 0 amide bonds. The minimum Gasteiger partial charge on any atom is -0.472 e. The van der Waals surface area contributed by atoms with E-state index in [9.17, 15) is 0 Å². The van der Waals surface area contributed by atoms with Gasteiger partial charge in [0.15, 0.2) is 0 Å². The fraction of sp³-hybridized carbons (Fsp3) is 0.300. The Balaban J connectivity index is 1.87. The zero-order valence-electron chi connectivity index (χ0n) is 7.93. The lowest BCUT2D eigenvalue weighted by atomic mass is 10.2. The molecule has 2 rings (SSSR count). The largest absolute Gasteiger partial charge is 0.472 e. The van der Waals surface area contributed by atoms with E-state index in [4.69, 9.17) is 4.42 Å². The first kappa shape index (κ1) is 9.43. The summed E-state index contributed by atoms with van der Waals surface area (Å²) in [6.45, 7) is 2.96. The van der Waals surface area contributed by atoms with Gasteiger partial charge in [0, 0.05) is 29.2 Å². The lowest BCUT2D eigenvalue weighted by molar-refractivity contribution is 0.549. The van der Waals surface area contributed by atoms with E-state index in [0.29, 0.717) is 6.04 Å². The number of furan rings is 1. The van der Waals surface area contributed by atoms with Gasteiger partial charge < -0.3 is 9.73 Å². The smallest absolute Gasteiger partial charge is 0.0947 e. The van der Waals surface area contributed by atoms with Crippen molar-refractivity contribution in [1.29, 1.82) is 0 Å². The normalized spacial score (nSPS) is 12.9. The van der Waals surface area contributed by atoms with Gasteiger partial charge in [-0.15, -0.1) is 11.3 Å². The fourth-order valence-corrected chi connectivity index (χ4v) is 1.86. The van der Waals surface area contributed by atoms with Gasteiger partial charge in [0.05, 0.1) is 18.0 Å². The summed E-state index contributed by atoms with van der Waals surface area (Å²) in [5.41, 5.74) is 3.02. The van der Waals surface area contributed by atoms with Gasteiger partial charge >= 0.3 is 0 Å². The molecule has 1 atom stereocenters. The van der Waals surface area contributed by atoms with E-state index in [-0.39, 0.29) is 0 Å². The van der Waals surface area contributed by atoms with E-state index in [1.54, 1.807) is 23.9 Å².